The number of rotatable bonds is 5. The van der Waals surface area contributed by atoms with Gasteiger partial charge in [0.2, 0.25) is 11.3 Å². The van der Waals surface area contributed by atoms with Crippen molar-refractivity contribution >= 4 is 11.3 Å². The summed E-state index contributed by atoms with van der Waals surface area (Å²) in [5.74, 6) is 0. The highest BCUT2D eigenvalue weighted by molar-refractivity contribution is 7.77. The van der Waals surface area contributed by atoms with Gasteiger partial charge in [0.25, 0.3) is 0 Å². The fourth-order valence-corrected chi connectivity index (χ4v) is 2.14. The van der Waals surface area contributed by atoms with Gasteiger partial charge in [-0.3, -0.25) is 4.55 Å². The predicted molar refractivity (Wildman–Crippen MR) is 55.4 cm³/mol. The van der Waals surface area contributed by atoms with Crippen LogP contribution in [0.4, 0.5) is 0 Å². The quantitative estimate of drug-likeness (QED) is 0.691. The first-order chi connectivity index (χ1) is 7.20. The van der Waals surface area contributed by atoms with E-state index in [0.29, 0.717) is 6.54 Å². The minimum Gasteiger partial charge on any atom is -0.353 e. The molecule has 2 unspecified atom stereocenters. The van der Waals surface area contributed by atoms with Crippen molar-refractivity contribution < 1.29 is 18.2 Å². The van der Waals surface area contributed by atoms with Crippen LogP contribution in [-0.4, -0.2) is 33.8 Å². The van der Waals surface area contributed by atoms with Crippen LogP contribution >= 0.6 is 0 Å². The molecule has 1 aliphatic carbocycles. The molecule has 1 saturated carbocycles. The Kier molecular flexibility index (Phi) is 3.73. The van der Waals surface area contributed by atoms with Crippen LogP contribution in [0.3, 0.4) is 0 Å². The largest absolute Gasteiger partial charge is 0.353 e. The Morgan fingerprint density at radius 1 is 1.53 bits per heavy atom. The normalized spacial score (nSPS) is 31.1. The van der Waals surface area contributed by atoms with Crippen LogP contribution in [0.5, 0.6) is 0 Å². The first-order valence-electron chi connectivity index (χ1n) is 5.34. The van der Waals surface area contributed by atoms with E-state index in [1.165, 1.54) is 0 Å². The second-order valence-electron chi connectivity index (χ2n) is 4.17. The average Bonchev–Trinajstić information content (AvgIpc) is 2.97. The number of nitrogens with one attached hydrogen (secondary N) is 1. The molecule has 0 amide bonds. The van der Waals surface area contributed by atoms with Crippen molar-refractivity contribution in [2.75, 3.05) is 13.2 Å². The molecular weight excluding hydrogens is 218 g/mol. The van der Waals surface area contributed by atoms with Crippen LogP contribution in [0.2, 0.25) is 0 Å². The molecule has 0 aromatic rings. The van der Waals surface area contributed by atoms with Crippen LogP contribution in [0.25, 0.3) is 0 Å². The lowest BCUT2D eigenvalue weighted by atomic mass is 10.2. The zero-order chi connectivity index (χ0) is 10.7. The Balaban J connectivity index is 1.74. The molecule has 0 radical (unpaired) electrons. The van der Waals surface area contributed by atoms with Gasteiger partial charge in [-0.15, -0.1) is 0 Å². The fourth-order valence-electron chi connectivity index (χ4n) is 1.75. The molecule has 2 aliphatic rings. The highest BCUT2D eigenvalue weighted by atomic mass is 32.2. The van der Waals surface area contributed by atoms with Gasteiger partial charge in [0, 0.05) is 13.2 Å². The van der Waals surface area contributed by atoms with E-state index in [1.54, 1.807) is 0 Å². The van der Waals surface area contributed by atoms with Gasteiger partial charge in [-0.25, -0.2) is 8.93 Å². The van der Waals surface area contributed by atoms with Crippen molar-refractivity contribution in [1.29, 1.82) is 0 Å². The molecular formula is C9H17NO4S. The minimum atomic E-state index is -1.95. The second kappa shape index (κ2) is 4.88. The third kappa shape index (κ3) is 3.49. The summed E-state index contributed by atoms with van der Waals surface area (Å²) in [5, 5.41) is 0. The van der Waals surface area contributed by atoms with Crippen LogP contribution in [-0.2, 0) is 20.7 Å². The monoisotopic (exact) mass is 235 g/mol. The van der Waals surface area contributed by atoms with Crippen molar-refractivity contribution in [2.45, 2.75) is 44.0 Å². The minimum absolute atomic E-state index is 0.116. The summed E-state index contributed by atoms with van der Waals surface area (Å²) in [4.78, 5) is 0. The van der Waals surface area contributed by atoms with Crippen LogP contribution in [0.1, 0.15) is 32.1 Å². The van der Waals surface area contributed by atoms with E-state index in [2.05, 4.69) is 4.72 Å². The molecule has 1 saturated heterocycles. The highest BCUT2D eigenvalue weighted by Gasteiger charge is 2.46. The maximum Gasteiger partial charge on any atom is 0.231 e. The molecule has 1 aliphatic heterocycles. The van der Waals surface area contributed by atoms with Crippen molar-refractivity contribution in [3.05, 3.63) is 0 Å². The standard InChI is InChI=1S/C9H17NO4S/c11-15(12)10-7-9(4-5-9)14-8-3-1-2-6-13-8/h8,10H,1-7H2,(H,11,12). The SMILES string of the molecule is O=S(O)NCC1(OC2CCCCO2)CC1. The van der Waals surface area contributed by atoms with Crippen LogP contribution < -0.4 is 4.72 Å². The Morgan fingerprint density at radius 2 is 2.33 bits per heavy atom. The zero-order valence-corrected chi connectivity index (χ0v) is 9.42. The first kappa shape index (κ1) is 11.5. The van der Waals surface area contributed by atoms with E-state index >= 15 is 0 Å². The molecule has 0 aromatic heterocycles. The smallest absolute Gasteiger partial charge is 0.231 e. The molecule has 0 bridgehead atoms. The molecule has 5 nitrogen and oxygen atoms in total. The lowest BCUT2D eigenvalue weighted by Crippen LogP contribution is -2.37. The van der Waals surface area contributed by atoms with Crippen molar-refractivity contribution in [2.24, 2.45) is 0 Å². The summed E-state index contributed by atoms with van der Waals surface area (Å²) in [6.07, 6.45) is 4.94. The van der Waals surface area contributed by atoms with Gasteiger partial charge >= 0.3 is 0 Å². The molecule has 2 fully saturated rings. The molecule has 0 spiro atoms. The zero-order valence-electron chi connectivity index (χ0n) is 8.61. The van der Waals surface area contributed by atoms with E-state index in [0.717, 1.165) is 38.7 Å². The maximum atomic E-state index is 10.5. The summed E-state index contributed by atoms with van der Waals surface area (Å²) in [7, 11) is 0. The molecule has 1 heterocycles. The van der Waals surface area contributed by atoms with Gasteiger partial charge in [-0.2, -0.15) is 0 Å². The van der Waals surface area contributed by atoms with Crippen molar-refractivity contribution in [3.63, 3.8) is 0 Å². The summed E-state index contributed by atoms with van der Waals surface area (Å²) < 4.78 is 32.9. The Hall–Kier alpha value is -0.0100. The summed E-state index contributed by atoms with van der Waals surface area (Å²) in [6.45, 7) is 1.19. The second-order valence-corrected chi connectivity index (χ2v) is 4.95. The van der Waals surface area contributed by atoms with E-state index in [1.807, 2.05) is 0 Å². The summed E-state index contributed by atoms with van der Waals surface area (Å²) in [6, 6.07) is 0. The van der Waals surface area contributed by atoms with Gasteiger partial charge in [-0.05, 0) is 32.1 Å². The van der Waals surface area contributed by atoms with E-state index in [4.69, 9.17) is 14.0 Å². The number of ether oxygens (including phenoxy) is 2. The predicted octanol–water partition coefficient (Wildman–Crippen LogP) is 0.788. The van der Waals surface area contributed by atoms with Crippen LogP contribution in [0.15, 0.2) is 0 Å². The van der Waals surface area contributed by atoms with Crippen molar-refractivity contribution in [3.8, 4) is 0 Å². The van der Waals surface area contributed by atoms with E-state index in [-0.39, 0.29) is 11.9 Å². The van der Waals surface area contributed by atoms with Gasteiger partial charge in [-0.1, -0.05) is 0 Å². The van der Waals surface area contributed by atoms with Crippen LogP contribution in [0, 0.1) is 0 Å². The molecule has 15 heavy (non-hydrogen) atoms. The average molecular weight is 235 g/mol. The lowest BCUT2D eigenvalue weighted by Gasteiger charge is -2.27. The molecule has 6 heteroatoms. The van der Waals surface area contributed by atoms with Gasteiger partial charge in [0.05, 0.1) is 5.60 Å². The number of hydrogen-bond donors (Lipinski definition) is 2. The van der Waals surface area contributed by atoms with Gasteiger partial charge in [0.15, 0.2) is 6.29 Å². The highest BCUT2D eigenvalue weighted by Crippen LogP contribution is 2.41. The molecule has 2 rings (SSSR count). The molecule has 2 atom stereocenters. The third-order valence-corrected chi connectivity index (χ3v) is 3.24. The molecule has 2 N–H and O–H groups in total. The summed E-state index contributed by atoms with van der Waals surface area (Å²) in [5.41, 5.74) is -0.250. The summed E-state index contributed by atoms with van der Waals surface area (Å²) >= 11 is -1.95. The van der Waals surface area contributed by atoms with Gasteiger partial charge in [0.1, 0.15) is 0 Å². The number of hydrogen-bond acceptors (Lipinski definition) is 3. The maximum absolute atomic E-state index is 10.5. The van der Waals surface area contributed by atoms with E-state index < -0.39 is 11.3 Å². The van der Waals surface area contributed by atoms with Gasteiger partial charge < -0.3 is 9.47 Å². The Bertz CT molecular complexity index is 238. The Morgan fingerprint density at radius 3 is 2.87 bits per heavy atom. The van der Waals surface area contributed by atoms with Crippen molar-refractivity contribution in [1.82, 2.24) is 4.72 Å². The third-order valence-electron chi connectivity index (χ3n) is 2.84. The molecule has 88 valence electrons. The first-order valence-corrected chi connectivity index (χ1v) is 6.45. The lowest BCUT2D eigenvalue weighted by molar-refractivity contribution is -0.195. The topological polar surface area (TPSA) is 67.8 Å². The molecule has 0 aromatic carbocycles. The fraction of sp³-hybridized carbons (Fsp3) is 1.00. The Labute approximate surface area is 91.9 Å². The van der Waals surface area contributed by atoms with E-state index in [9.17, 15) is 4.21 Å².